The summed E-state index contributed by atoms with van der Waals surface area (Å²) in [4.78, 5) is 23.0. The average Bonchev–Trinajstić information content (AvgIpc) is 2.32. The van der Waals surface area contributed by atoms with Crippen molar-refractivity contribution < 1.29 is 27.5 Å². The molecule has 0 aromatic rings. The molecule has 0 aliphatic carbocycles. The Hall–Kier alpha value is -1.75. The molecule has 0 saturated carbocycles. The summed E-state index contributed by atoms with van der Waals surface area (Å²) in [5.41, 5.74) is 0. The van der Waals surface area contributed by atoms with E-state index in [1.807, 2.05) is 0 Å². The molecule has 0 aliphatic rings. The van der Waals surface area contributed by atoms with Crippen molar-refractivity contribution >= 4 is 11.9 Å². The summed E-state index contributed by atoms with van der Waals surface area (Å²) < 4.78 is 41.2. The molecule has 108 valence electrons. The van der Waals surface area contributed by atoms with Gasteiger partial charge in [-0.2, -0.15) is 13.2 Å². The summed E-state index contributed by atoms with van der Waals surface area (Å²) in [7, 11) is 1.12. The number of hydrogen-bond donors (Lipinski definition) is 1. The monoisotopic (exact) mass is 280 g/mol. The minimum atomic E-state index is -4.53. The zero-order valence-corrected chi connectivity index (χ0v) is 10.4. The third kappa shape index (κ3) is 8.90. The van der Waals surface area contributed by atoms with Gasteiger partial charge in [-0.05, 0) is 0 Å². The molecule has 0 aliphatic heterocycles. The van der Waals surface area contributed by atoms with Gasteiger partial charge in [0.1, 0.15) is 6.54 Å². The maximum Gasteiger partial charge on any atom is 0.406 e. The lowest BCUT2D eigenvalue weighted by Gasteiger charge is -2.23. The fourth-order valence-electron chi connectivity index (χ4n) is 1.19. The smallest absolute Gasteiger partial charge is 0.406 e. The number of alkyl halides is 3. The van der Waals surface area contributed by atoms with Crippen LogP contribution in [-0.2, 0) is 14.3 Å². The van der Waals surface area contributed by atoms with Crippen LogP contribution in [0.15, 0.2) is 0 Å². The predicted octanol–water partition coefficient (Wildman–Crippen LogP) is 0.163. The fourth-order valence-corrected chi connectivity index (χ4v) is 1.19. The number of carbonyl (C=O) groups excluding carboxylic acids is 2. The Bertz CT molecular complexity index is 350. The van der Waals surface area contributed by atoms with Gasteiger partial charge in [-0.25, -0.2) is 0 Å². The van der Waals surface area contributed by atoms with E-state index in [4.69, 9.17) is 6.42 Å². The van der Waals surface area contributed by atoms with Gasteiger partial charge in [0.05, 0.1) is 26.6 Å². The van der Waals surface area contributed by atoms with E-state index < -0.39 is 24.6 Å². The van der Waals surface area contributed by atoms with E-state index in [1.165, 1.54) is 0 Å². The number of amides is 1. The predicted molar refractivity (Wildman–Crippen MR) is 61.0 cm³/mol. The molecule has 0 aromatic heterocycles. The summed E-state index contributed by atoms with van der Waals surface area (Å²) in [6, 6.07) is 0. The lowest BCUT2D eigenvalue weighted by atomic mass is 10.3. The maximum absolute atomic E-state index is 12.3. The fraction of sp³-hybridized carbons (Fsp3) is 0.636. The number of carbonyl (C=O) groups is 2. The second-order valence-corrected chi connectivity index (χ2v) is 3.56. The third-order valence-corrected chi connectivity index (χ3v) is 2.04. The van der Waals surface area contributed by atoms with Crippen LogP contribution in [-0.4, -0.2) is 56.2 Å². The largest absolute Gasteiger partial charge is 0.469 e. The molecule has 0 bridgehead atoms. The van der Waals surface area contributed by atoms with Gasteiger partial charge in [-0.15, -0.1) is 6.42 Å². The number of hydrogen-bond acceptors (Lipinski definition) is 4. The van der Waals surface area contributed by atoms with E-state index in [1.54, 1.807) is 0 Å². The lowest BCUT2D eigenvalue weighted by molar-refractivity contribution is -0.162. The zero-order chi connectivity index (χ0) is 14.9. The van der Waals surface area contributed by atoms with Crippen molar-refractivity contribution in [2.75, 3.05) is 33.3 Å². The highest BCUT2D eigenvalue weighted by Gasteiger charge is 2.32. The number of terminal acetylenes is 1. The normalized spacial score (nSPS) is 10.7. The first kappa shape index (κ1) is 17.2. The second kappa shape index (κ2) is 8.37. The van der Waals surface area contributed by atoms with E-state index in [0.29, 0.717) is 4.90 Å². The number of nitrogens with zero attached hydrogens (tertiary/aromatic N) is 1. The number of methoxy groups -OCH3 is 1. The summed E-state index contributed by atoms with van der Waals surface area (Å²) in [5.74, 6) is 0.727. The number of halogens is 3. The SMILES string of the molecule is C#CCNCC(=O)N(CCC(=O)OC)CC(F)(F)F. The molecule has 0 unspecified atom stereocenters. The summed E-state index contributed by atoms with van der Waals surface area (Å²) in [6.45, 7) is -2.02. The van der Waals surface area contributed by atoms with Crippen molar-refractivity contribution in [1.82, 2.24) is 10.2 Å². The molecular weight excluding hydrogens is 265 g/mol. The number of rotatable bonds is 7. The van der Waals surface area contributed by atoms with Crippen LogP contribution < -0.4 is 5.32 Å². The summed E-state index contributed by atoms with van der Waals surface area (Å²) in [6.07, 6.45) is 0.102. The summed E-state index contributed by atoms with van der Waals surface area (Å²) in [5, 5.41) is 2.49. The molecule has 0 radical (unpaired) electrons. The van der Waals surface area contributed by atoms with Crippen molar-refractivity contribution in [3.05, 3.63) is 0 Å². The van der Waals surface area contributed by atoms with Gasteiger partial charge >= 0.3 is 12.1 Å². The van der Waals surface area contributed by atoms with Crippen molar-refractivity contribution in [3.63, 3.8) is 0 Å². The molecule has 0 aromatic carbocycles. The van der Waals surface area contributed by atoms with E-state index in [2.05, 4.69) is 16.0 Å². The van der Waals surface area contributed by atoms with Crippen molar-refractivity contribution in [3.8, 4) is 12.3 Å². The van der Waals surface area contributed by atoms with Gasteiger partial charge in [-0.1, -0.05) is 5.92 Å². The van der Waals surface area contributed by atoms with E-state index >= 15 is 0 Å². The highest BCUT2D eigenvalue weighted by molar-refractivity contribution is 5.79. The van der Waals surface area contributed by atoms with Crippen LogP contribution in [0.3, 0.4) is 0 Å². The molecule has 0 rings (SSSR count). The standard InChI is InChI=1S/C11H15F3N2O3/c1-3-5-15-7-9(17)16(8-11(12,13)14)6-4-10(18)19-2/h1,15H,4-8H2,2H3. The van der Waals surface area contributed by atoms with E-state index in [9.17, 15) is 22.8 Å². The van der Waals surface area contributed by atoms with Crippen LogP contribution in [0.4, 0.5) is 13.2 Å². The molecule has 0 heterocycles. The van der Waals surface area contributed by atoms with Crippen molar-refractivity contribution in [2.24, 2.45) is 0 Å². The molecule has 0 spiro atoms. The first-order valence-corrected chi connectivity index (χ1v) is 5.35. The topological polar surface area (TPSA) is 58.6 Å². The Kier molecular flexibility index (Phi) is 7.60. The molecule has 0 atom stereocenters. The number of ether oxygens (including phenoxy) is 1. The third-order valence-electron chi connectivity index (χ3n) is 2.04. The lowest BCUT2D eigenvalue weighted by Crippen LogP contribution is -2.44. The van der Waals surface area contributed by atoms with Crippen molar-refractivity contribution in [1.29, 1.82) is 0 Å². The average molecular weight is 280 g/mol. The minimum absolute atomic E-state index is 0.0720. The molecule has 1 N–H and O–H groups in total. The Morgan fingerprint density at radius 3 is 2.53 bits per heavy atom. The first-order valence-electron chi connectivity index (χ1n) is 5.35. The van der Waals surface area contributed by atoms with Gasteiger partial charge in [0, 0.05) is 6.54 Å². The minimum Gasteiger partial charge on any atom is -0.469 e. The molecular formula is C11H15F3N2O3. The number of esters is 1. The Morgan fingerprint density at radius 2 is 2.05 bits per heavy atom. The van der Waals surface area contributed by atoms with Crippen LogP contribution in [0, 0.1) is 12.3 Å². The summed E-state index contributed by atoms with van der Waals surface area (Å²) >= 11 is 0. The van der Waals surface area contributed by atoms with Gasteiger partial charge in [-0.3, -0.25) is 14.9 Å². The van der Waals surface area contributed by atoms with Crippen LogP contribution in [0.5, 0.6) is 0 Å². The first-order chi connectivity index (χ1) is 8.80. The Balaban J connectivity index is 4.44. The van der Waals surface area contributed by atoms with Crippen molar-refractivity contribution in [2.45, 2.75) is 12.6 Å². The van der Waals surface area contributed by atoms with Gasteiger partial charge in [0.25, 0.3) is 0 Å². The Labute approximate surface area is 109 Å². The highest BCUT2D eigenvalue weighted by atomic mass is 19.4. The molecule has 8 heteroatoms. The molecule has 19 heavy (non-hydrogen) atoms. The maximum atomic E-state index is 12.3. The van der Waals surface area contributed by atoms with Crippen LogP contribution in [0.1, 0.15) is 6.42 Å². The Morgan fingerprint density at radius 1 is 1.42 bits per heavy atom. The van der Waals surface area contributed by atoms with Gasteiger partial charge in [0.2, 0.25) is 5.91 Å². The van der Waals surface area contributed by atoms with Gasteiger partial charge < -0.3 is 9.64 Å². The highest BCUT2D eigenvalue weighted by Crippen LogP contribution is 2.16. The molecule has 0 fully saturated rings. The van der Waals surface area contributed by atoms with Gasteiger partial charge in [0.15, 0.2) is 0 Å². The van der Waals surface area contributed by atoms with E-state index in [0.717, 1.165) is 7.11 Å². The van der Waals surface area contributed by atoms with Crippen LogP contribution in [0.25, 0.3) is 0 Å². The molecule has 0 saturated heterocycles. The second-order valence-electron chi connectivity index (χ2n) is 3.56. The van der Waals surface area contributed by atoms with Crippen LogP contribution >= 0.6 is 0 Å². The quantitative estimate of drug-likeness (QED) is 0.410. The number of nitrogens with one attached hydrogen (secondary N) is 1. The zero-order valence-electron chi connectivity index (χ0n) is 10.4. The molecule has 1 amide bonds. The molecule has 5 nitrogen and oxygen atoms in total. The van der Waals surface area contributed by atoms with Crippen LogP contribution in [0.2, 0.25) is 0 Å². The van der Waals surface area contributed by atoms with E-state index in [-0.39, 0.29) is 26.1 Å².